The summed E-state index contributed by atoms with van der Waals surface area (Å²) in [5, 5.41) is 3.87. The fourth-order valence-electron chi connectivity index (χ4n) is 3.90. The molecule has 0 saturated heterocycles. The van der Waals surface area contributed by atoms with Gasteiger partial charge >= 0.3 is 0 Å². The Balaban J connectivity index is 2.01. The van der Waals surface area contributed by atoms with Crippen molar-refractivity contribution >= 4 is 35.0 Å². The highest BCUT2D eigenvalue weighted by Gasteiger charge is 2.32. The molecule has 0 aliphatic heterocycles. The Kier molecular flexibility index (Phi) is 9.41. The van der Waals surface area contributed by atoms with Crippen molar-refractivity contribution in [3.05, 3.63) is 99.5 Å². The number of carbonyl (C=O) groups is 2. The summed E-state index contributed by atoms with van der Waals surface area (Å²) in [7, 11) is 1.60. The van der Waals surface area contributed by atoms with Crippen LogP contribution in [0.3, 0.4) is 0 Å². The van der Waals surface area contributed by atoms with E-state index in [-0.39, 0.29) is 24.8 Å². The number of halogens is 2. The van der Waals surface area contributed by atoms with Crippen LogP contribution in [-0.4, -0.2) is 35.4 Å². The molecule has 0 bridgehead atoms. The number of hydrogen-bond acceptors (Lipinski definition) is 3. The van der Waals surface area contributed by atoms with Crippen LogP contribution in [-0.2, 0) is 29.0 Å². The molecule has 0 fully saturated rings. The average Bonchev–Trinajstić information content (AvgIpc) is 2.83. The molecule has 3 rings (SSSR count). The Morgan fingerprint density at radius 1 is 0.889 bits per heavy atom. The summed E-state index contributed by atoms with van der Waals surface area (Å²) in [6.07, 6.45) is 0.453. The van der Waals surface area contributed by atoms with Gasteiger partial charge in [-0.2, -0.15) is 0 Å². The molecule has 0 radical (unpaired) electrons. The Bertz CT molecular complexity index is 1190. The molecule has 5 nitrogen and oxygen atoms in total. The van der Waals surface area contributed by atoms with Crippen LogP contribution < -0.4 is 10.1 Å². The molecule has 3 aromatic rings. The number of ether oxygens (including phenoxy) is 1. The van der Waals surface area contributed by atoms with Gasteiger partial charge in [0.25, 0.3) is 0 Å². The van der Waals surface area contributed by atoms with Crippen molar-refractivity contribution in [2.75, 3.05) is 7.11 Å². The molecule has 0 saturated carbocycles. The van der Waals surface area contributed by atoms with Crippen LogP contribution in [0.15, 0.2) is 72.8 Å². The predicted molar refractivity (Wildman–Crippen MR) is 146 cm³/mol. The number of methoxy groups -OCH3 is 1. The van der Waals surface area contributed by atoms with Crippen molar-refractivity contribution in [3.8, 4) is 5.75 Å². The van der Waals surface area contributed by atoms with Crippen molar-refractivity contribution in [3.63, 3.8) is 0 Å². The molecule has 0 heterocycles. The van der Waals surface area contributed by atoms with Gasteiger partial charge in [0.1, 0.15) is 11.8 Å². The van der Waals surface area contributed by atoms with Gasteiger partial charge in [0.05, 0.1) is 23.6 Å². The van der Waals surface area contributed by atoms with E-state index in [9.17, 15) is 9.59 Å². The lowest BCUT2D eigenvalue weighted by atomic mass is 9.99. The summed E-state index contributed by atoms with van der Waals surface area (Å²) in [6.45, 7) is 6.02. The van der Waals surface area contributed by atoms with E-state index in [0.29, 0.717) is 22.2 Å². The topological polar surface area (TPSA) is 58.6 Å². The number of rotatable bonds is 9. The van der Waals surface area contributed by atoms with Gasteiger partial charge in [-0.15, -0.1) is 0 Å². The minimum atomic E-state index is -0.729. The van der Waals surface area contributed by atoms with Crippen molar-refractivity contribution in [2.45, 2.75) is 51.7 Å². The molecular formula is C29H32Cl2N2O3. The fraction of sp³-hybridized carbons (Fsp3) is 0.310. The first-order valence-corrected chi connectivity index (χ1v) is 12.5. The number of amides is 2. The Hall–Kier alpha value is -3.02. The second kappa shape index (κ2) is 12.3. The summed E-state index contributed by atoms with van der Waals surface area (Å²) >= 11 is 12.3. The predicted octanol–water partition coefficient (Wildman–Crippen LogP) is 6.10. The second-order valence-corrected chi connectivity index (χ2v) is 10.6. The minimum Gasteiger partial charge on any atom is -0.497 e. The highest BCUT2D eigenvalue weighted by atomic mass is 35.5. The lowest BCUT2D eigenvalue weighted by molar-refractivity contribution is -0.141. The fourth-order valence-corrected chi connectivity index (χ4v) is 4.22. The van der Waals surface area contributed by atoms with Crippen molar-refractivity contribution in [2.24, 2.45) is 0 Å². The van der Waals surface area contributed by atoms with Crippen LogP contribution in [0.1, 0.15) is 37.5 Å². The molecule has 2 amide bonds. The van der Waals surface area contributed by atoms with Gasteiger partial charge in [0.15, 0.2) is 0 Å². The van der Waals surface area contributed by atoms with E-state index in [1.807, 2.05) is 75.4 Å². The van der Waals surface area contributed by atoms with Crippen LogP contribution in [0.2, 0.25) is 10.0 Å². The summed E-state index contributed by atoms with van der Waals surface area (Å²) in [6, 6.07) is 21.6. The molecule has 1 atom stereocenters. The zero-order valence-electron chi connectivity index (χ0n) is 21.1. The molecule has 3 aromatic carbocycles. The highest BCUT2D eigenvalue weighted by Crippen LogP contribution is 2.24. The average molecular weight is 527 g/mol. The summed E-state index contributed by atoms with van der Waals surface area (Å²) in [5.41, 5.74) is 2.09. The SMILES string of the molecule is COc1cccc(CN(C(=O)Cc2ccc(Cl)c(Cl)c2)C(Cc2ccccc2)C(=O)NC(C)(C)C)c1. The van der Waals surface area contributed by atoms with Crippen LogP contribution in [0, 0.1) is 0 Å². The van der Waals surface area contributed by atoms with Gasteiger partial charge < -0.3 is 15.0 Å². The molecule has 7 heteroatoms. The molecule has 1 unspecified atom stereocenters. The first kappa shape index (κ1) is 27.6. The first-order valence-electron chi connectivity index (χ1n) is 11.8. The molecule has 0 aliphatic rings. The van der Waals surface area contributed by atoms with Crippen LogP contribution in [0.5, 0.6) is 5.75 Å². The van der Waals surface area contributed by atoms with Crippen LogP contribution in [0.25, 0.3) is 0 Å². The normalized spacial score (nSPS) is 12.1. The maximum atomic E-state index is 13.8. The van der Waals surface area contributed by atoms with Gasteiger partial charge in [-0.25, -0.2) is 0 Å². The number of nitrogens with zero attached hydrogens (tertiary/aromatic N) is 1. The zero-order chi connectivity index (χ0) is 26.3. The third-order valence-electron chi connectivity index (χ3n) is 5.60. The lowest BCUT2D eigenvalue weighted by Gasteiger charge is -2.34. The van der Waals surface area contributed by atoms with Crippen molar-refractivity contribution < 1.29 is 14.3 Å². The first-order chi connectivity index (χ1) is 17.1. The highest BCUT2D eigenvalue weighted by molar-refractivity contribution is 6.42. The molecular weight excluding hydrogens is 495 g/mol. The Labute approximate surface area is 223 Å². The number of benzene rings is 3. The van der Waals surface area contributed by atoms with E-state index >= 15 is 0 Å². The van der Waals surface area contributed by atoms with E-state index in [1.54, 1.807) is 30.2 Å². The molecule has 190 valence electrons. The molecule has 36 heavy (non-hydrogen) atoms. The zero-order valence-corrected chi connectivity index (χ0v) is 22.6. The smallest absolute Gasteiger partial charge is 0.243 e. The van der Waals surface area contributed by atoms with Gasteiger partial charge in [-0.05, 0) is 61.7 Å². The van der Waals surface area contributed by atoms with Gasteiger partial charge in [-0.1, -0.05) is 71.7 Å². The molecule has 1 N–H and O–H groups in total. The summed E-state index contributed by atoms with van der Waals surface area (Å²) in [5.74, 6) is 0.279. The monoisotopic (exact) mass is 526 g/mol. The van der Waals surface area contributed by atoms with Gasteiger partial charge in [-0.3, -0.25) is 9.59 Å². The number of nitrogens with one attached hydrogen (secondary N) is 1. The van der Waals surface area contributed by atoms with E-state index in [0.717, 1.165) is 16.7 Å². The summed E-state index contributed by atoms with van der Waals surface area (Å²) < 4.78 is 5.38. The van der Waals surface area contributed by atoms with Crippen LogP contribution >= 0.6 is 23.2 Å². The van der Waals surface area contributed by atoms with E-state index in [2.05, 4.69) is 5.32 Å². The standard InChI is InChI=1S/C29H32Cl2N2O3/c1-29(2,3)32-28(35)26(17-20-9-6-5-7-10-20)33(19-22-11-8-12-23(15-22)36-4)27(34)18-21-13-14-24(30)25(31)16-21/h5-16,26H,17-19H2,1-4H3,(H,32,35). The maximum absolute atomic E-state index is 13.8. The molecule has 0 spiro atoms. The van der Waals surface area contributed by atoms with E-state index in [4.69, 9.17) is 27.9 Å². The molecule has 0 aromatic heterocycles. The third-order valence-corrected chi connectivity index (χ3v) is 6.33. The van der Waals surface area contributed by atoms with Gasteiger partial charge in [0, 0.05) is 18.5 Å². The maximum Gasteiger partial charge on any atom is 0.243 e. The number of carbonyl (C=O) groups excluding carboxylic acids is 2. The minimum absolute atomic E-state index is 0.0783. The van der Waals surface area contributed by atoms with Crippen molar-refractivity contribution in [1.82, 2.24) is 10.2 Å². The second-order valence-electron chi connectivity index (χ2n) is 9.74. The number of hydrogen-bond donors (Lipinski definition) is 1. The quantitative estimate of drug-likeness (QED) is 0.366. The van der Waals surface area contributed by atoms with Crippen LogP contribution in [0.4, 0.5) is 0 Å². The Morgan fingerprint density at radius 3 is 2.22 bits per heavy atom. The van der Waals surface area contributed by atoms with Crippen molar-refractivity contribution in [1.29, 1.82) is 0 Å². The third kappa shape index (κ3) is 8.00. The molecule has 0 aliphatic carbocycles. The van der Waals surface area contributed by atoms with E-state index < -0.39 is 11.6 Å². The Morgan fingerprint density at radius 2 is 1.58 bits per heavy atom. The summed E-state index contributed by atoms with van der Waals surface area (Å²) in [4.78, 5) is 29.1. The van der Waals surface area contributed by atoms with E-state index in [1.165, 1.54) is 0 Å². The van der Waals surface area contributed by atoms with Gasteiger partial charge in [0.2, 0.25) is 11.8 Å². The largest absolute Gasteiger partial charge is 0.497 e. The lowest BCUT2D eigenvalue weighted by Crippen LogP contribution is -2.54.